The number of furan rings is 1. The third kappa shape index (κ3) is 2.76. The highest BCUT2D eigenvalue weighted by molar-refractivity contribution is 7.11. The smallest absolute Gasteiger partial charge is 0.0950 e. The van der Waals surface area contributed by atoms with Gasteiger partial charge in [0.05, 0.1) is 23.2 Å². The van der Waals surface area contributed by atoms with E-state index in [1.54, 1.807) is 23.9 Å². The van der Waals surface area contributed by atoms with Crippen LogP contribution in [0.1, 0.15) is 47.1 Å². The highest BCUT2D eigenvalue weighted by Crippen LogP contribution is 2.26. The number of nitrogens with zero attached hydrogens (tertiary/aromatic N) is 1. The fourth-order valence-corrected chi connectivity index (χ4v) is 2.96. The molecule has 92 valence electrons. The van der Waals surface area contributed by atoms with Crippen molar-refractivity contribution in [2.24, 2.45) is 0 Å². The third-order valence-electron chi connectivity index (χ3n) is 2.88. The lowest BCUT2D eigenvalue weighted by molar-refractivity contribution is 0.489. The molecule has 2 aromatic rings. The number of nitrogens with one attached hydrogen (secondary N) is 1. The van der Waals surface area contributed by atoms with Gasteiger partial charge in [-0.15, -0.1) is 11.3 Å². The molecule has 0 bridgehead atoms. The van der Waals surface area contributed by atoms with Crippen molar-refractivity contribution in [2.45, 2.75) is 39.8 Å². The second-order valence-electron chi connectivity index (χ2n) is 4.35. The van der Waals surface area contributed by atoms with Gasteiger partial charge in [0, 0.05) is 22.5 Å². The highest BCUT2D eigenvalue weighted by atomic mass is 32.1. The Balaban J connectivity index is 2.06. The van der Waals surface area contributed by atoms with Crippen LogP contribution in [-0.2, 0) is 0 Å². The van der Waals surface area contributed by atoms with Gasteiger partial charge in [0.1, 0.15) is 0 Å². The summed E-state index contributed by atoms with van der Waals surface area (Å²) in [6.45, 7) is 8.44. The van der Waals surface area contributed by atoms with Gasteiger partial charge in [-0.1, -0.05) is 0 Å². The van der Waals surface area contributed by atoms with Crippen molar-refractivity contribution in [1.29, 1.82) is 0 Å². The average Bonchev–Trinajstić information content (AvgIpc) is 2.87. The summed E-state index contributed by atoms with van der Waals surface area (Å²) in [5.74, 6) is 0. The lowest BCUT2D eigenvalue weighted by atomic mass is 10.1. The summed E-state index contributed by atoms with van der Waals surface area (Å²) in [6.07, 6.45) is 3.50. The largest absolute Gasteiger partial charge is 0.472 e. The second kappa shape index (κ2) is 5.02. The van der Waals surface area contributed by atoms with Crippen LogP contribution in [-0.4, -0.2) is 4.98 Å². The maximum atomic E-state index is 5.10. The predicted octanol–water partition coefficient (Wildman–Crippen LogP) is 3.76. The molecule has 0 aliphatic carbocycles. The minimum atomic E-state index is 0.283. The van der Waals surface area contributed by atoms with Gasteiger partial charge in [0.15, 0.2) is 0 Å². The second-order valence-corrected chi connectivity index (χ2v) is 5.58. The van der Waals surface area contributed by atoms with Crippen LogP contribution in [0.15, 0.2) is 23.0 Å². The Morgan fingerprint density at radius 1 is 1.29 bits per heavy atom. The quantitative estimate of drug-likeness (QED) is 0.897. The zero-order valence-corrected chi connectivity index (χ0v) is 11.5. The Labute approximate surface area is 106 Å². The Morgan fingerprint density at radius 3 is 2.59 bits per heavy atom. The van der Waals surface area contributed by atoms with Crippen LogP contribution in [0.25, 0.3) is 0 Å². The molecule has 0 fully saturated rings. The summed E-state index contributed by atoms with van der Waals surface area (Å²) in [5.41, 5.74) is 2.31. The van der Waals surface area contributed by atoms with Crippen LogP contribution in [0, 0.1) is 13.8 Å². The number of rotatable bonds is 4. The van der Waals surface area contributed by atoms with Crippen LogP contribution in [0.5, 0.6) is 0 Å². The Bertz CT molecular complexity index is 476. The highest BCUT2D eigenvalue weighted by Gasteiger charge is 2.16. The van der Waals surface area contributed by atoms with Gasteiger partial charge in [-0.3, -0.25) is 0 Å². The fourth-order valence-electron chi connectivity index (χ4n) is 2.02. The predicted molar refractivity (Wildman–Crippen MR) is 70.3 cm³/mol. The average molecular weight is 250 g/mol. The lowest BCUT2D eigenvalue weighted by Crippen LogP contribution is -2.21. The maximum Gasteiger partial charge on any atom is 0.0950 e. The SMILES string of the molecule is Cc1nc(C)c(C(C)NC(C)c2ccoc2)s1. The van der Waals surface area contributed by atoms with E-state index in [9.17, 15) is 0 Å². The lowest BCUT2D eigenvalue weighted by Gasteiger charge is -2.18. The summed E-state index contributed by atoms with van der Waals surface area (Å²) in [5, 5.41) is 4.69. The van der Waals surface area contributed by atoms with E-state index in [-0.39, 0.29) is 6.04 Å². The van der Waals surface area contributed by atoms with E-state index in [2.05, 4.69) is 31.1 Å². The van der Waals surface area contributed by atoms with Gasteiger partial charge in [-0.05, 0) is 33.8 Å². The van der Waals surface area contributed by atoms with Crippen molar-refractivity contribution in [3.05, 3.63) is 39.7 Å². The topological polar surface area (TPSA) is 38.1 Å². The minimum absolute atomic E-state index is 0.283. The first-order chi connectivity index (χ1) is 8.08. The van der Waals surface area contributed by atoms with E-state index in [1.807, 2.05) is 13.0 Å². The van der Waals surface area contributed by atoms with Crippen molar-refractivity contribution in [1.82, 2.24) is 10.3 Å². The number of hydrogen-bond acceptors (Lipinski definition) is 4. The van der Waals surface area contributed by atoms with Crippen molar-refractivity contribution in [3.8, 4) is 0 Å². The third-order valence-corrected chi connectivity index (χ3v) is 4.13. The summed E-state index contributed by atoms with van der Waals surface area (Å²) < 4.78 is 5.10. The molecule has 0 radical (unpaired) electrons. The van der Waals surface area contributed by atoms with Gasteiger partial charge in [-0.2, -0.15) is 0 Å². The van der Waals surface area contributed by atoms with Crippen molar-refractivity contribution in [3.63, 3.8) is 0 Å². The molecule has 3 nitrogen and oxygen atoms in total. The van der Waals surface area contributed by atoms with E-state index in [0.717, 1.165) is 10.7 Å². The first-order valence-electron chi connectivity index (χ1n) is 5.80. The Kier molecular flexibility index (Phi) is 3.64. The molecule has 2 rings (SSSR count). The zero-order valence-electron chi connectivity index (χ0n) is 10.7. The molecule has 0 spiro atoms. The summed E-state index contributed by atoms with van der Waals surface area (Å²) in [7, 11) is 0. The van der Waals surface area contributed by atoms with E-state index in [1.165, 1.54) is 10.4 Å². The fraction of sp³-hybridized carbons (Fsp3) is 0.462. The summed E-state index contributed by atoms with van der Waals surface area (Å²) >= 11 is 1.76. The Morgan fingerprint density at radius 2 is 2.06 bits per heavy atom. The molecule has 1 N–H and O–H groups in total. The first kappa shape index (κ1) is 12.3. The van der Waals surface area contributed by atoms with Crippen LogP contribution in [0.2, 0.25) is 0 Å². The van der Waals surface area contributed by atoms with E-state index in [4.69, 9.17) is 4.42 Å². The Hall–Kier alpha value is -1.13. The molecule has 2 aromatic heterocycles. The summed E-state index contributed by atoms with van der Waals surface area (Å²) in [4.78, 5) is 5.78. The van der Waals surface area contributed by atoms with Crippen molar-refractivity contribution >= 4 is 11.3 Å². The number of hydrogen-bond donors (Lipinski definition) is 1. The molecule has 0 aliphatic rings. The minimum Gasteiger partial charge on any atom is -0.472 e. The van der Waals surface area contributed by atoms with Crippen molar-refractivity contribution in [2.75, 3.05) is 0 Å². The molecular weight excluding hydrogens is 232 g/mol. The van der Waals surface area contributed by atoms with E-state index < -0.39 is 0 Å². The normalized spacial score (nSPS) is 14.8. The van der Waals surface area contributed by atoms with Gasteiger partial charge >= 0.3 is 0 Å². The number of thiazole rings is 1. The van der Waals surface area contributed by atoms with Crippen LogP contribution < -0.4 is 5.32 Å². The molecule has 4 heteroatoms. The standard InChI is InChI=1S/C13H18N2OS/c1-8(12-5-6-16-7-12)14-9(2)13-10(3)15-11(4)17-13/h5-9,14H,1-4H3. The summed E-state index contributed by atoms with van der Waals surface area (Å²) in [6, 6.07) is 2.59. The van der Waals surface area contributed by atoms with Gasteiger partial charge in [0.25, 0.3) is 0 Å². The van der Waals surface area contributed by atoms with Crippen LogP contribution in [0.4, 0.5) is 0 Å². The molecule has 0 aliphatic heterocycles. The van der Waals surface area contributed by atoms with Crippen molar-refractivity contribution < 1.29 is 4.42 Å². The molecule has 2 heterocycles. The molecular formula is C13H18N2OS. The van der Waals surface area contributed by atoms with E-state index in [0.29, 0.717) is 6.04 Å². The van der Waals surface area contributed by atoms with Gasteiger partial charge in [-0.25, -0.2) is 4.98 Å². The van der Waals surface area contributed by atoms with Gasteiger partial charge in [0.2, 0.25) is 0 Å². The molecule has 2 atom stereocenters. The van der Waals surface area contributed by atoms with Crippen LogP contribution >= 0.6 is 11.3 Å². The zero-order chi connectivity index (χ0) is 12.4. The molecule has 0 saturated carbocycles. The number of aromatic nitrogens is 1. The molecule has 17 heavy (non-hydrogen) atoms. The maximum absolute atomic E-state index is 5.10. The molecule has 2 unspecified atom stereocenters. The molecule has 0 amide bonds. The first-order valence-corrected chi connectivity index (χ1v) is 6.61. The van der Waals surface area contributed by atoms with Gasteiger partial charge < -0.3 is 9.73 Å². The van der Waals surface area contributed by atoms with E-state index >= 15 is 0 Å². The monoisotopic (exact) mass is 250 g/mol. The van der Waals surface area contributed by atoms with Crippen LogP contribution in [0.3, 0.4) is 0 Å². The molecule has 0 aromatic carbocycles. The molecule has 0 saturated heterocycles. The number of aryl methyl sites for hydroxylation is 2.